The number of aldehydes is 1. The first-order valence-corrected chi connectivity index (χ1v) is 11.2. The minimum atomic E-state index is -0.569. The van der Waals surface area contributed by atoms with Crippen LogP contribution in [0.1, 0.15) is 35.3 Å². The molecule has 1 atom stereocenters. The number of halogens is 1. The Balaban J connectivity index is 1.44. The van der Waals surface area contributed by atoms with Crippen molar-refractivity contribution >= 4 is 17.9 Å². The van der Waals surface area contributed by atoms with Crippen molar-refractivity contribution in [2.45, 2.75) is 39.3 Å². The fourth-order valence-corrected chi connectivity index (χ4v) is 4.05. The van der Waals surface area contributed by atoms with E-state index < -0.39 is 5.79 Å². The Hall–Kier alpha value is -2.86. The van der Waals surface area contributed by atoms with Crippen LogP contribution in [0.3, 0.4) is 0 Å². The fourth-order valence-electron chi connectivity index (χ4n) is 3.77. The lowest BCUT2D eigenvalue weighted by atomic mass is 9.96. The first-order chi connectivity index (χ1) is 15.8. The summed E-state index contributed by atoms with van der Waals surface area (Å²) in [5.74, 6) is 0.832. The van der Waals surface area contributed by atoms with Crippen LogP contribution in [0.5, 0.6) is 11.5 Å². The molecule has 0 bridgehead atoms. The number of carbonyl (C=O) groups excluding carboxylic acids is 1. The van der Waals surface area contributed by atoms with Crippen LogP contribution in [0.2, 0.25) is 5.02 Å². The molecule has 0 radical (unpaired) electrons. The lowest BCUT2D eigenvalue weighted by Crippen LogP contribution is -2.25. The van der Waals surface area contributed by atoms with Gasteiger partial charge in [0.1, 0.15) is 37.1 Å². The molecule has 33 heavy (non-hydrogen) atoms. The van der Waals surface area contributed by atoms with Gasteiger partial charge < -0.3 is 18.9 Å². The number of rotatable bonds is 8. The third kappa shape index (κ3) is 5.74. The lowest BCUT2D eigenvalue weighted by Gasteiger charge is -2.18. The molecule has 1 aliphatic rings. The van der Waals surface area contributed by atoms with Crippen molar-refractivity contribution in [3.05, 3.63) is 82.4 Å². The maximum Gasteiger partial charge on any atom is 0.163 e. The van der Waals surface area contributed by atoms with Gasteiger partial charge in [-0.2, -0.15) is 0 Å². The first-order valence-electron chi connectivity index (χ1n) is 10.9. The molecule has 0 aliphatic carbocycles. The molecule has 5 nitrogen and oxygen atoms in total. The van der Waals surface area contributed by atoms with Crippen molar-refractivity contribution in [1.29, 1.82) is 0 Å². The second-order valence-electron chi connectivity index (χ2n) is 8.47. The van der Waals surface area contributed by atoms with E-state index in [4.69, 9.17) is 30.5 Å². The Bertz CT molecular complexity index is 1120. The summed E-state index contributed by atoms with van der Waals surface area (Å²) in [7, 11) is 0. The summed E-state index contributed by atoms with van der Waals surface area (Å²) in [6.45, 7) is 7.17. The van der Waals surface area contributed by atoms with Gasteiger partial charge in [-0.3, -0.25) is 4.79 Å². The molecule has 0 N–H and O–H groups in total. The molecule has 1 saturated heterocycles. The van der Waals surface area contributed by atoms with Crippen LogP contribution in [-0.4, -0.2) is 31.4 Å². The molecule has 1 heterocycles. The standard InChI is InChI=1S/C27H27ClO5/c1-18-20(15-30-21-9-7-19(14-29)8-10-21)5-4-6-24(18)25-12-11-22(13-26(25)28)31-16-23-17-32-27(2,3)33-23/h4-14,23H,15-17H2,1-3H3/t23-/m1/s1. The summed E-state index contributed by atoms with van der Waals surface area (Å²) in [4.78, 5) is 10.8. The van der Waals surface area contributed by atoms with Crippen molar-refractivity contribution < 1.29 is 23.7 Å². The minimum absolute atomic E-state index is 0.105. The van der Waals surface area contributed by atoms with E-state index in [0.29, 0.717) is 41.9 Å². The molecular formula is C27H27ClO5. The topological polar surface area (TPSA) is 54.0 Å². The predicted molar refractivity (Wildman–Crippen MR) is 128 cm³/mol. The third-order valence-corrected chi connectivity index (χ3v) is 5.90. The molecule has 0 amide bonds. The zero-order valence-electron chi connectivity index (χ0n) is 19.0. The van der Waals surface area contributed by atoms with E-state index in [2.05, 4.69) is 6.92 Å². The van der Waals surface area contributed by atoms with Crippen molar-refractivity contribution in [3.8, 4) is 22.6 Å². The van der Waals surface area contributed by atoms with Crippen LogP contribution in [0, 0.1) is 6.92 Å². The van der Waals surface area contributed by atoms with Crippen LogP contribution in [0.4, 0.5) is 0 Å². The van der Waals surface area contributed by atoms with Gasteiger partial charge in [0.05, 0.1) is 11.6 Å². The molecule has 3 aromatic carbocycles. The van der Waals surface area contributed by atoms with E-state index in [1.54, 1.807) is 24.3 Å². The molecule has 1 aliphatic heterocycles. The Morgan fingerprint density at radius 2 is 1.79 bits per heavy atom. The van der Waals surface area contributed by atoms with E-state index in [1.807, 2.05) is 50.2 Å². The number of carbonyl (C=O) groups is 1. The first kappa shape index (κ1) is 23.3. The molecule has 6 heteroatoms. The van der Waals surface area contributed by atoms with Gasteiger partial charge in [0.2, 0.25) is 0 Å². The molecule has 0 saturated carbocycles. The third-order valence-electron chi connectivity index (χ3n) is 5.59. The van der Waals surface area contributed by atoms with Crippen molar-refractivity contribution in [2.75, 3.05) is 13.2 Å². The average molecular weight is 467 g/mol. The molecule has 1 fully saturated rings. The smallest absolute Gasteiger partial charge is 0.163 e. The Morgan fingerprint density at radius 3 is 2.45 bits per heavy atom. The highest BCUT2D eigenvalue weighted by molar-refractivity contribution is 6.33. The number of hydrogen-bond donors (Lipinski definition) is 0. The summed E-state index contributed by atoms with van der Waals surface area (Å²) in [6.07, 6.45) is 0.710. The normalized spacial score (nSPS) is 17.0. The van der Waals surface area contributed by atoms with E-state index in [1.165, 1.54) is 0 Å². The molecule has 0 aromatic heterocycles. The summed E-state index contributed by atoms with van der Waals surface area (Å²) in [6, 6.07) is 18.9. The van der Waals surface area contributed by atoms with Gasteiger partial charge in [0.15, 0.2) is 5.79 Å². The Labute approximate surface area is 199 Å². The van der Waals surface area contributed by atoms with Crippen LogP contribution < -0.4 is 9.47 Å². The predicted octanol–water partition coefficient (Wildman–Crippen LogP) is 6.24. The number of benzene rings is 3. The van der Waals surface area contributed by atoms with E-state index in [-0.39, 0.29) is 6.10 Å². The van der Waals surface area contributed by atoms with E-state index in [9.17, 15) is 4.79 Å². The minimum Gasteiger partial charge on any atom is -0.491 e. The summed E-state index contributed by atoms with van der Waals surface area (Å²) in [5.41, 5.74) is 4.75. The highest BCUT2D eigenvalue weighted by atomic mass is 35.5. The molecule has 172 valence electrons. The van der Waals surface area contributed by atoms with Crippen LogP contribution in [-0.2, 0) is 16.1 Å². The Kier molecular flexibility index (Phi) is 7.03. The quantitative estimate of drug-likeness (QED) is 0.368. The van der Waals surface area contributed by atoms with Gasteiger partial charge >= 0.3 is 0 Å². The van der Waals surface area contributed by atoms with Crippen LogP contribution in [0.25, 0.3) is 11.1 Å². The zero-order chi connectivity index (χ0) is 23.4. The second kappa shape index (κ2) is 9.96. The van der Waals surface area contributed by atoms with Gasteiger partial charge in [0, 0.05) is 11.1 Å². The molecule has 4 rings (SSSR count). The SMILES string of the molecule is Cc1c(COc2ccc(C=O)cc2)cccc1-c1ccc(OC[C@@H]2COC(C)(C)O2)cc1Cl. The second-order valence-corrected chi connectivity index (χ2v) is 8.88. The molecule has 0 unspecified atom stereocenters. The Morgan fingerprint density at radius 1 is 1.03 bits per heavy atom. The van der Waals surface area contributed by atoms with Gasteiger partial charge in [-0.1, -0.05) is 29.8 Å². The van der Waals surface area contributed by atoms with Gasteiger partial charge in [-0.15, -0.1) is 0 Å². The van der Waals surface area contributed by atoms with Gasteiger partial charge in [-0.05, 0) is 79.9 Å². The van der Waals surface area contributed by atoms with Gasteiger partial charge in [0.25, 0.3) is 0 Å². The molecule has 0 spiro atoms. The fraction of sp³-hybridized carbons (Fsp3) is 0.296. The summed E-state index contributed by atoms with van der Waals surface area (Å²) in [5, 5.41) is 0.613. The summed E-state index contributed by atoms with van der Waals surface area (Å²) < 4.78 is 23.2. The zero-order valence-corrected chi connectivity index (χ0v) is 19.7. The summed E-state index contributed by atoms with van der Waals surface area (Å²) >= 11 is 6.63. The maximum atomic E-state index is 10.8. The number of ether oxygens (including phenoxy) is 4. The number of hydrogen-bond acceptors (Lipinski definition) is 5. The maximum absolute atomic E-state index is 10.8. The van der Waals surface area contributed by atoms with E-state index >= 15 is 0 Å². The van der Waals surface area contributed by atoms with Crippen LogP contribution >= 0.6 is 11.6 Å². The highest BCUT2D eigenvalue weighted by Crippen LogP contribution is 2.35. The van der Waals surface area contributed by atoms with Crippen molar-refractivity contribution in [1.82, 2.24) is 0 Å². The van der Waals surface area contributed by atoms with Crippen LogP contribution in [0.15, 0.2) is 60.7 Å². The average Bonchev–Trinajstić information content (AvgIpc) is 3.16. The molecular weight excluding hydrogens is 440 g/mol. The highest BCUT2D eigenvalue weighted by Gasteiger charge is 2.33. The van der Waals surface area contributed by atoms with Gasteiger partial charge in [-0.25, -0.2) is 0 Å². The molecule has 3 aromatic rings. The van der Waals surface area contributed by atoms with Crippen molar-refractivity contribution in [3.63, 3.8) is 0 Å². The largest absolute Gasteiger partial charge is 0.491 e. The monoisotopic (exact) mass is 466 g/mol. The lowest BCUT2D eigenvalue weighted by molar-refractivity contribution is -0.141. The van der Waals surface area contributed by atoms with E-state index in [0.717, 1.165) is 28.5 Å². The van der Waals surface area contributed by atoms with Crippen molar-refractivity contribution in [2.24, 2.45) is 0 Å².